The number of H-pyrrole nitrogens is 2. The molecule has 15 heavy (non-hydrogen) atoms. The Morgan fingerprint density at radius 2 is 2.27 bits per heavy atom. The van der Waals surface area contributed by atoms with Crippen LogP contribution in [0.5, 0.6) is 0 Å². The average Bonchev–Trinajstić information content (AvgIpc) is 2.75. The van der Waals surface area contributed by atoms with Gasteiger partial charge in [0.15, 0.2) is 5.82 Å². The number of nitrogens with zero attached hydrogens (tertiary/aromatic N) is 1. The maximum absolute atomic E-state index is 11.5. The van der Waals surface area contributed by atoms with E-state index in [1.54, 1.807) is 13.0 Å². The van der Waals surface area contributed by atoms with Crippen LogP contribution in [0.2, 0.25) is 0 Å². The first kappa shape index (κ1) is 9.25. The van der Waals surface area contributed by atoms with Crippen LogP contribution >= 0.6 is 0 Å². The second-order valence-electron chi connectivity index (χ2n) is 2.95. The van der Waals surface area contributed by atoms with E-state index in [0.29, 0.717) is 11.6 Å². The summed E-state index contributed by atoms with van der Waals surface area (Å²) < 4.78 is 4.76. The van der Waals surface area contributed by atoms with Crippen LogP contribution in [0, 0.1) is 6.92 Å². The van der Waals surface area contributed by atoms with Gasteiger partial charge in [0.05, 0.1) is 0 Å². The van der Waals surface area contributed by atoms with E-state index in [1.807, 2.05) is 0 Å². The van der Waals surface area contributed by atoms with Gasteiger partial charge in [0.25, 0.3) is 11.5 Å². The van der Waals surface area contributed by atoms with Crippen molar-refractivity contribution < 1.29 is 9.32 Å². The van der Waals surface area contributed by atoms with E-state index in [1.165, 1.54) is 0 Å². The zero-order valence-corrected chi connectivity index (χ0v) is 7.83. The zero-order valence-electron chi connectivity index (χ0n) is 7.83. The Hall–Kier alpha value is -2.31. The van der Waals surface area contributed by atoms with E-state index in [-0.39, 0.29) is 11.3 Å². The molecule has 0 aliphatic rings. The lowest BCUT2D eigenvalue weighted by Gasteiger charge is -1.95. The third-order valence-electron chi connectivity index (χ3n) is 1.71. The van der Waals surface area contributed by atoms with Crippen molar-refractivity contribution in [2.75, 3.05) is 5.32 Å². The lowest BCUT2D eigenvalue weighted by atomic mass is 10.4. The Bertz CT molecular complexity index is 536. The van der Waals surface area contributed by atoms with E-state index in [4.69, 9.17) is 4.52 Å². The molecule has 0 bridgehead atoms. The average molecular weight is 208 g/mol. The fourth-order valence-electron chi connectivity index (χ4n) is 1.06. The molecule has 0 fully saturated rings. The molecule has 2 aromatic rings. The number of hydrogen-bond donors (Lipinski definition) is 3. The van der Waals surface area contributed by atoms with E-state index in [9.17, 15) is 9.59 Å². The number of amides is 1. The van der Waals surface area contributed by atoms with Crippen LogP contribution in [0.3, 0.4) is 0 Å². The summed E-state index contributed by atoms with van der Waals surface area (Å²) in [5.74, 6) is 0.439. The van der Waals surface area contributed by atoms with E-state index in [2.05, 4.69) is 20.7 Å². The van der Waals surface area contributed by atoms with Crippen LogP contribution in [0.25, 0.3) is 0 Å². The van der Waals surface area contributed by atoms with Gasteiger partial charge in [0.2, 0.25) is 0 Å². The van der Waals surface area contributed by atoms with Crippen LogP contribution in [0.15, 0.2) is 21.5 Å². The lowest BCUT2D eigenvalue weighted by molar-refractivity contribution is 0.102. The summed E-state index contributed by atoms with van der Waals surface area (Å²) in [6.45, 7) is 1.71. The molecule has 0 aromatic carbocycles. The summed E-state index contributed by atoms with van der Waals surface area (Å²) in [6, 6.07) is 2.73. The number of aromatic nitrogens is 3. The molecule has 3 N–H and O–H groups in total. The van der Waals surface area contributed by atoms with Gasteiger partial charge in [-0.3, -0.25) is 19.8 Å². The molecule has 0 saturated heterocycles. The molecule has 0 atom stereocenters. The Morgan fingerprint density at radius 1 is 1.47 bits per heavy atom. The van der Waals surface area contributed by atoms with Crippen LogP contribution in [-0.4, -0.2) is 21.3 Å². The zero-order chi connectivity index (χ0) is 10.8. The maximum atomic E-state index is 11.5. The van der Waals surface area contributed by atoms with Crippen LogP contribution in [0.1, 0.15) is 16.2 Å². The SMILES string of the molecule is Cc1cc(NC(=O)c2cc(=O)[nH][nH]2)no1. The smallest absolute Gasteiger partial charge is 0.274 e. The number of anilines is 1. The van der Waals surface area contributed by atoms with Gasteiger partial charge < -0.3 is 9.84 Å². The summed E-state index contributed by atoms with van der Waals surface area (Å²) in [5, 5.41) is 10.7. The fraction of sp³-hybridized carbons (Fsp3) is 0.125. The van der Waals surface area contributed by atoms with Gasteiger partial charge in [-0.1, -0.05) is 5.16 Å². The highest BCUT2D eigenvalue weighted by atomic mass is 16.5. The van der Waals surface area contributed by atoms with E-state index in [0.717, 1.165) is 6.07 Å². The highest BCUT2D eigenvalue weighted by Gasteiger charge is 2.10. The second kappa shape index (κ2) is 3.45. The molecule has 0 saturated carbocycles. The number of hydrogen-bond acceptors (Lipinski definition) is 4. The highest BCUT2D eigenvalue weighted by Crippen LogP contribution is 2.07. The third kappa shape index (κ3) is 1.96. The molecule has 2 aromatic heterocycles. The van der Waals surface area contributed by atoms with Crippen LogP contribution in [-0.2, 0) is 0 Å². The number of aromatic amines is 2. The second-order valence-corrected chi connectivity index (χ2v) is 2.95. The Balaban J connectivity index is 2.13. The van der Waals surface area contributed by atoms with Crippen molar-refractivity contribution in [3.05, 3.63) is 33.9 Å². The van der Waals surface area contributed by atoms with Crippen molar-refractivity contribution >= 4 is 11.7 Å². The molecule has 7 nitrogen and oxygen atoms in total. The molecular formula is C8H8N4O3. The quantitative estimate of drug-likeness (QED) is 0.658. The van der Waals surface area contributed by atoms with Crippen molar-refractivity contribution in [1.29, 1.82) is 0 Å². The van der Waals surface area contributed by atoms with Crippen molar-refractivity contribution in [3.63, 3.8) is 0 Å². The molecule has 2 rings (SSSR count). The number of aryl methyl sites for hydroxylation is 1. The molecule has 2 heterocycles. The molecule has 7 heteroatoms. The summed E-state index contributed by atoms with van der Waals surface area (Å²) in [5.41, 5.74) is -0.225. The largest absolute Gasteiger partial charge is 0.360 e. The first-order chi connectivity index (χ1) is 7.15. The molecule has 0 aliphatic heterocycles. The monoisotopic (exact) mass is 208 g/mol. The first-order valence-corrected chi connectivity index (χ1v) is 4.17. The number of carbonyl (C=O) groups excluding carboxylic acids is 1. The minimum atomic E-state index is -0.457. The lowest BCUT2D eigenvalue weighted by Crippen LogP contribution is -2.12. The van der Waals surface area contributed by atoms with Crippen molar-refractivity contribution in [2.24, 2.45) is 0 Å². The highest BCUT2D eigenvalue weighted by molar-refractivity contribution is 6.02. The Morgan fingerprint density at radius 3 is 2.80 bits per heavy atom. The van der Waals surface area contributed by atoms with Gasteiger partial charge in [-0.15, -0.1) is 0 Å². The summed E-state index contributed by atoms with van der Waals surface area (Å²) in [4.78, 5) is 22.2. The van der Waals surface area contributed by atoms with Crippen molar-refractivity contribution in [3.8, 4) is 0 Å². The first-order valence-electron chi connectivity index (χ1n) is 4.17. The Labute approximate surface area is 83.5 Å². The normalized spacial score (nSPS) is 10.2. The summed E-state index contributed by atoms with van der Waals surface area (Å²) >= 11 is 0. The Kier molecular flexibility index (Phi) is 2.13. The van der Waals surface area contributed by atoms with Gasteiger partial charge in [0.1, 0.15) is 11.5 Å². The minimum Gasteiger partial charge on any atom is -0.360 e. The van der Waals surface area contributed by atoms with E-state index < -0.39 is 5.91 Å². The molecule has 0 aliphatic carbocycles. The molecule has 0 unspecified atom stereocenters. The number of carbonyl (C=O) groups is 1. The fourth-order valence-corrected chi connectivity index (χ4v) is 1.06. The van der Waals surface area contributed by atoms with Crippen LogP contribution < -0.4 is 10.9 Å². The summed E-state index contributed by atoms with van der Waals surface area (Å²) in [6.07, 6.45) is 0. The van der Waals surface area contributed by atoms with Gasteiger partial charge in [-0.05, 0) is 6.92 Å². The standard InChI is InChI=1S/C8H8N4O3/c1-4-2-6(12-15-4)9-8(14)5-3-7(13)11-10-5/h2-3H,1H3,(H,9,12,14)(H2,10,11,13). The van der Waals surface area contributed by atoms with Gasteiger partial charge in [-0.2, -0.15) is 0 Å². The van der Waals surface area contributed by atoms with Crippen molar-refractivity contribution in [2.45, 2.75) is 6.92 Å². The van der Waals surface area contributed by atoms with Crippen LogP contribution in [0.4, 0.5) is 5.82 Å². The minimum absolute atomic E-state index is 0.139. The molecule has 0 spiro atoms. The van der Waals surface area contributed by atoms with Gasteiger partial charge in [0, 0.05) is 12.1 Å². The number of nitrogens with one attached hydrogen (secondary N) is 3. The molecular weight excluding hydrogens is 200 g/mol. The predicted octanol–water partition coefficient (Wildman–Crippen LogP) is 0.252. The maximum Gasteiger partial charge on any atom is 0.274 e. The predicted molar refractivity (Wildman–Crippen MR) is 50.6 cm³/mol. The molecule has 1 amide bonds. The summed E-state index contributed by atoms with van der Waals surface area (Å²) in [7, 11) is 0. The van der Waals surface area contributed by atoms with Gasteiger partial charge >= 0.3 is 0 Å². The topological polar surface area (TPSA) is 104 Å². The van der Waals surface area contributed by atoms with Crippen molar-refractivity contribution in [1.82, 2.24) is 15.4 Å². The van der Waals surface area contributed by atoms with E-state index >= 15 is 0 Å². The molecule has 0 radical (unpaired) electrons. The van der Waals surface area contributed by atoms with Gasteiger partial charge in [-0.25, -0.2) is 0 Å². The molecule has 78 valence electrons. The number of rotatable bonds is 2. The third-order valence-corrected chi connectivity index (χ3v) is 1.71.